The molecular weight excluding hydrogens is 254 g/mol. The standard InChI is InChI=1S/C15H15N3O2/c1-18(11-3-2-4-12(19)8-11)9-15-17-13-7-10(16)5-6-14(13)20-15/h2-8,19H,9,16H2,1H3. The van der Waals surface area contributed by atoms with Crippen LogP contribution in [0.1, 0.15) is 5.89 Å². The summed E-state index contributed by atoms with van der Waals surface area (Å²) < 4.78 is 5.67. The minimum absolute atomic E-state index is 0.236. The summed E-state index contributed by atoms with van der Waals surface area (Å²) in [5, 5.41) is 9.49. The van der Waals surface area contributed by atoms with Gasteiger partial charge in [-0.3, -0.25) is 0 Å². The zero-order chi connectivity index (χ0) is 14.1. The lowest BCUT2D eigenvalue weighted by Crippen LogP contribution is -2.16. The smallest absolute Gasteiger partial charge is 0.215 e. The van der Waals surface area contributed by atoms with Crippen LogP contribution >= 0.6 is 0 Å². The summed E-state index contributed by atoms with van der Waals surface area (Å²) in [7, 11) is 1.91. The molecule has 0 saturated carbocycles. The average molecular weight is 269 g/mol. The summed E-state index contributed by atoms with van der Waals surface area (Å²) in [6.45, 7) is 0.512. The van der Waals surface area contributed by atoms with Gasteiger partial charge in [-0.05, 0) is 30.3 Å². The zero-order valence-corrected chi connectivity index (χ0v) is 11.1. The Balaban J connectivity index is 1.85. The molecule has 0 amide bonds. The molecule has 0 aliphatic carbocycles. The lowest BCUT2D eigenvalue weighted by Gasteiger charge is -2.17. The van der Waals surface area contributed by atoms with E-state index in [1.54, 1.807) is 30.3 Å². The van der Waals surface area contributed by atoms with Gasteiger partial charge in [0.2, 0.25) is 5.89 Å². The van der Waals surface area contributed by atoms with Crippen LogP contribution in [0.15, 0.2) is 46.9 Å². The van der Waals surface area contributed by atoms with Gasteiger partial charge in [-0.25, -0.2) is 4.98 Å². The normalized spacial score (nSPS) is 10.8. The van der Waals surface area contributed by atoms with Crippen LogP contribution in [-0.2, 0) is 6.54 Å². The maximum Gasteiger partial charge on any atom is 0.215 e. The minimum Gasteiger partial charge on any atom is -0.508 e. The van der Waals surface area contributed by atoms with Crippen LogP contribution in [0.2, 0.25) is 0 Å². The summed E-state index contributed by atoms with van der Waals surface area (Å²) in [6.07, 6.45) is 0. The number of hydrogen-bond acceptors (Lipinski definition) is 5. The van der Waals surface area contributed by atoms with Crippen molar-refractivity contribution in [2.45, 2.75) is 6.54 Å². The summed E-state index contributed by atoms with van der Waals surface area (Å²) in [6, 6.07) is 12.4. The highest BCUT2D eigenvalue weighted by Crippen LogP contribution is 2.23. The fourth-order valence-corrected chi connectivity index (χ4v) is 2.08. The van der Waals surface area contributed by atoms with Crippen molar-refractivity contribution in [3.63, 3.8) is 0 Å². The second kappa shape index (κ2) is 4.77. The van der Waals surface area contributed by atoms with E-state index in [1.165, 1.54) is 0 Å². The van der Waals surface area contributed by atoms with Gasteiger partial charge >= 0.3 is 0 Å². The molecule has 0 fully saturated rings. The highest BCUT2D eigenvalue weighted by Gasteiger charge is 2.09. The molecule has 0 radical (unpaired) electrons. The topological polar surface area (TPSA) is 75.5 Å². The van der Waals surface area contributed by atoms with Crippen LogP contribution in [0.25, 0.3) is 11.1 Å². The second-order valence-corrected chi connectivity index (χ2v) is 4.71. The zero-order valence-electron chi connectivity index (χ0n) is 11.1. The molecule has 5 heteroatoms. The molecule has 0 bridgehead atoms. The summed E-state index contributed by atoms with van der Waals surface area (Å²) in [5.74, 6) is 0.844. The number of anilines is 2. The summed E-state index contributed by atoms with van der Waals surface area (Å²) in [5.41, 5.74) is 8.76. The first-order valence-corrected chi connectivity index (χ1v) is 6.27. The van der Waals surface area contributed by atoms with E-state index in [-0.39, 0.29) is 5.75 Å². The van der Waals surface area contributed by atoms with Crippen LogP contribution in [-0.4, -0.2) is 17.1 Å². The lowest BCUT2D eigenvalue weighted by atomic mass is 10.3. The van der Waals surface area contributed by atoms with Gasteiger partial charge in [0.15, 0.2) is 5.58 Å². The van der Waals surface area contributed by atoms with Crippen molar-refractivity contribution in [1.29, 1.82) is 0 Å². The number of aromatic nitrogens is 1. The number of nitrogens with two attached hydrogens (primary N) is 1. The van der Waals surface area contributed by atoms with Gasteiger partial charge in [-0.15, -0.1) is 0 Å². The maximum atomic E-state index is 9.49. The molecule has 1 aromatic heterocycles. The molecule has 0 aliphatic rings. The Bertz CT molecular complexity index is 752. The predicted octanol–water partition coefficient (Wildman–Crippen LogP) is 2.75. The summed E-state index contributed by atoms with van der Waals surface area (Å²) in [4.78, 5) is 6.36. The van der Waals surface area contributed by atoms with Crippen molar-refractivity contribution < 1.29 is 9.52 Å². The number of nitrogens with zero attached hydrogens (tertiary/aromatic N) is 2. The molecule has 3 rings (SSSR count). The van der Waals surface area contributed by atoms with E-state index >= 15 is 0 Å². The molecule has 0 spiro atoms. The molecule has 20 heavy (non-hydrogen) atoms. The number of oxazole rings is 1. The highest BCUT2D eigenvalue weighted by atomic mass is 16.3. The van der Waals surface area contributed by atoms with Crippen molar-refractivity contribution in [1.82, 2.24) is 4.98 Å². The SMILES string of the molecule is CN(Cc1nc2cc(N)ccc2o1)c1cccc(O)c1. The van der Waals surface area contributed by atoms with Crippen molar-refractivity contribution >= 4 is 22.5 Å². The van der Waals surface area contributed by atoms with E-state index in [0.29, 0.717) is 18.1 Å². The number of fused-ring (bicyclic) bond motifs is 1. The van der Waals surface area contributed by atoms with E-state index in [4.69, 9.17) is 10.2 Å². The molecule has 102 valence electrons. The monoisotopic (exact) mass is 269 g/mol. The molecule has 2 aromatic carbocycles. The van der Waals surface area contributed by atoms with Gasteiger partial charge in [0.1, 0.15) is 11.3 Å². The van der Waals surface area contributed by atoms with Crippen LogP contribution in [0.5, 0.6) is 5.75 Å². The van der Waals surface area contributed by atoms with E-state index < -0.39 is 0 Å². The quantitative estimate of drug-likeness (QED) is 0.715. The molecule has 1 heterocycles. The Morgan fingerprint density at radius 3 is 2.90 bits per heavy atom. The van der Waals surface area contributed by atoms with Gasteiger partial charge < -0.3 is 20.2 Å². The number of hydrogen-bond donors (Lipinski definition) is 2. The Hall–Kier alpha value is -2.69. The first-order valence-electron chi connectivity index (χ1n) is 6.27. The average Bonchev–Trinajstić information content (AvgIpc) is 2.80. The van der Waals surface area contributed by atoms with Crippen molar-refractivity contribution in [2.75, 3.05) is 17.7 Å². The largest absolute Gasteiger partial charge is 0.508 e. The number of rotatable bonds is 3. The van der Waals surface area contributed by atoms with Crippen LogP contribution in [0.4, 0.5) is 11.4 Å². The second-order valence-electron chi connectivity index (χ2n) is 4.71. The van der Waals surface area contributed by atoms with Gasteiger partial charge in [0.25, 0.3) is 0 Å². The molecule has 0 unspecified atom stereocenters. The Morgan fingerprint density at radius 2 is 2.10 bits per heavy atom. The maximum absolute atomic E-state index is 9.49. The van der Waals surface area contributed by atoms with Crippen LogP contribution in [0.3, 0.4) is 0 Å². The third-order valence-electron chi connectivity index (χ3n) is 3.10. The number of aromatic hydroxyl groups is 1. The van der Waals surface area contributed by atoms with E-state index in [2.05, 4.69) is 4.98 Å². The number of phenols is 1. The highest BCUT2D eigenvalue weighted by molar-refractivity contribution is 5.76. The first-order chi connectivity index (χ1) is 9.61. The number of benzene rings is 2. The van der Waals surface area contributed by atoms with Gasteiger partial charge in [-0.1, -0.05) is 6.07 Å². The van der Waals surface area contributed by atoms with Gasteiger partial charge in [0.05, 0.1) is 6.54 Å². The molecule has 0 atom stereocenters. The van der Waals surface area contributed by atoms with Gasteiger partial charge in [0, 0.05) is 24.5 Å². The third kappa shape index (κ3) is 2.38. The minimum atomic E-state index is 0.236. The number of phenolic OH excluding ortho intramolecular Hbond substituents is 1. The fourth-order valence-electron chi connectivity index (χ4n) is 2.08. The van der Waals surface area contributed by atoms with E-state index in [9.17, 15) is 5.11 Å². The van der Waals surface area contributed by atoms with Gasteiger partial charge in [-0.2, -0.15) is 0 Å². The van der Waals surface area contributed by atoms with E-state index in [0.717, 1.165) is 16.8 Å². The predicted molar refractivity (Wildman–Crippen MR) is 78.6 cm³/mol. The first kappa shape index (κ1) is 12.3. The van der Waals surface area contributed by atoms with Crippen LogP contribution in [0, 0.1) is 0 Å². The summed E-state index contributed by atoms with van der Waals surface area (Å²) >= 11 is 0. The number of nitrogen functional groups attached to an aromatic ring is 1. The Kier molecular flexibility index (Phi) is 2.95. The lowest BCUT2D eigenvalue weighted by molar-refractivity contribution is 0.475. The Labute approximate surface area is 116 Å². The molecule has 5 nitrogen and oxygen atoms in total. The van der Waals surface area contributed by atoms with Crippen LogP contribution < -0.4 is 10.6 Å². The van der Waals surface area contributed by atoms with Crippen molar-refractivity contribution in [3.05, 3.63) is 48.4 Å². The molecule has 0 saturated heterocycles. The molecule has 3 N–H and O–H groups in total. The Morgan fingerprint density at radius 1 is 1.25 bits per heavy atom. The third-order valence-corrected chi connectivity index (χ3v) is 3.10. The molecule has 0 aliphatic heterocycles. The molecular formula is C15H15N3O2. The fraction of sp³-hybridized carbons (Fsp3) is 0.133. The van der Waals surface area contributed by atoms with Crippen molar-refractivity contribution in [2.24, 2.45) is 0 Å². The van der Waals surface area contributed by atoms with Crippen molar-refractivity contribution in [3.8, 4) is 5.75 Å². The van der Waals surface area contributed by atoms with E-state index in [1.807, 2.05) is 24.1 Å². The molecule has 3 aromatic rings.